The molecule has 5 N–H and O–H groups in total. The van der Waals surface area contributed by atoms with Crippen LogP contribution in [0.4, 0.5) is 0 Å². The van der Waals surface area contributed by atoms with E-state index in [4.69, 9.17) is 5.73 Å². The van der Waals surface area contributed by atoms with Gasteiger partial charge in [-0.25, -0.2) is 0 Å². The highest BCUT2D eigenvalue weighted by molar-refractivity contribution is 5.97. The zero-order chi connectivity index (χ0) is 14.6. The highest BCUT2D eigenvalue weighted by Crippen LogP contribution is 2.29. The van der Waals surface area contributed by atoms with Gasteiger partial charge in [0.05, 0.1) is 5.56 Å². The number of nitrogens with one attached hydrogen (secondary N) is 1. The maximum atomic E-state index is 12.1. The van der Waals surface area contributed by atoms with Crippen LogP contribution in [0.5, 0.6) is 11.5 Å². The minimum Gasteiger partial charge on any atom is -0.504 e. The van der Waals surface area contributed by atoms with Crippen molar-refractivity contribution in [3.05, 3.63) is 23.8 Å². The van der Waals surface area contributed by atoms with Gasteiger partial charge in [0.1, 0.15) is 0 Å². The third-order valence-electron chi connectivity index (χ3n) is 3.07. The van der Waals surface area contributed by atoms with Crippen molar-refractivity contribution in [2.75, 3.05) is 6.54 Å². The Hall–Kier alpha value is -1.75. The summed E-state index contributed by atoms with van der Waals surface area (Å²) < 4.78 is 0. The van der Waals surface area contributed by atoms with Gasteiger partial charge in [-0.15, -0.1) is 0 Å². The molecular formula is C14H22N2O3. The first-order chi connectivity index (χ1) is 8.77. The Morgan fingerprint density at radius 3 is 2.53 bits per heavy atom. The molecule has 1 aromatic carbocycles. The quantitative estimate of drug-likeness (QED) is 0.622. The molecule has 1 rings (SSSR count). The van der Waals surface area contributed by atoms with E-state index in [1.165, 1.54) is 18.2 Å². The molecular weight excluding hydrogens is 244 g/mol. The fourth-order valence-corrected chi connectivity index (χ4v) is 1.84. The lowest BCUT2D eigenvalue weighted by Gasteiger charge is -2.31. The number of carbonyl (C=O) groups excluding carboxylic acids is 1. The van der Waals surface area contributed by atoms with E-state index in [9.17, 15) is 15.0 Å². The number of hydrogen-bond acceptors (Lipinski definition) is 4. The van der Waals surface area contributed by atoms with Crippen molar-refractivity contribution in [1.29, 1.82) is 0 Å². The van der Waals surface area contributed by atoms with Crippen molar-refractivity contribution >= 4 is 5.91 Å². The molecule has 1 atom stereocenters. The van der Waals surface area contributed by atoms with Crippen molar-refractivity contribution in [3.8, 4) is 11.5 Å². The number of benzene rings is 1. The summed E-state index contributed by atoms with van der Waals surface area (Å²) in [6, 6.07) is 4.20. The summed E-state index contributed by atoms with van der Waals surface area (Å²) in [4.78, 5) is 12.1. The maximum absolute atomic E-state index is 12.1. The molecule has 1 unspecified atom stereocenters. The minimum absolute atomic E-state index is 0.0614. The number of aromatic hydroxyl groups is 2. The van der Waals surface area contributed by atoms with Gasteiger partial charge in [-0.05, 0) is 30.5 Å². The molecule has 0 spiro atoms. The van der Waals surface area contributed by atoms with E-state index in [-0.39, 0.29) is 22.8 Å². The highest BCUT2D eigenvalue weighted by atomic mass is 16.3. The maximum Gasteiger partial charge on any atom is 0.255 e. The molecule has 5 nitrogen and oxygen atoms in total. The number of para-hydroxylation sites is 1. The van der Waals surface area contributed by atoms with Gasteiger partial charge in [0.25, 0.3) is 5.91 Å². The Balaban J connectivity index is 2.91. The first-order valence-electron chi connectivity index (χ1n) is 6.29. The smallest absolute Gasteiger partial charge is 0.255 e. The Bertz CT molecular complexity index is 452. The fraction of sp³-hybridized carbons (Fsp3) is 0.500. The topological polar surface area (TPSA) is 95.6 Å². The molecule has 0 aliphatic rings. The third-order valence-corrected chi connectivity index (χ3v) is 3.07. The van der Waals surface area contributed by atoms with Gasteiger partial charge in [-0.2, -0.15) is 0 Å². The largest absolute Gasteiger partial charge is 0.504 e. The molecule has 0 heterocycles. The zero-order valence-corrected chi connectivity index (χ0v) is 11.6. The number of phenolic OH excluding ortho intramolecular Hbond substituents is 2. The first kappa shape index (κ1) is 15.3. The molecule has 0 saturated heterocycles. The van der Waals surface area contributed by atoms with E-state index in [1.807, 2.05) is 20.8 Å². The van der Waals surface area contributed by atoms with Gasteiger partial charge in [-0.1, -0.05) is 26.8 Å². The van der Waals surface area contributed by atoms with E-state index < -0.39 is 11.7 Å². The third kappa shape index (κ3) is 3.86. The average Bonchev–Trinajstić information content (AvgIpc) is 2.30. The van der Waals surface area contributed by atoms with Crippen molar-refractivity contribution < 1.29 is 15.0 Å². The number of nitrogens with two attached hydrogens (primary N) is 1. The molecule has 1 amide bonds. The van der Waals surface area contributed by atoms with Crippen LogP contribution in [0.2, 0.25) is 0 Å². The Morgan fingerprint density at radius 2 is 2.00 bits per heavy atom. The molecule has 0 aliphatic carbocycles. The summed E-state index contributed by atoms with van der Waals surface area (Å²) in [5.74, 6) is -1.12. The predicted molar refractivity (Wildman–Crippen MR) is 74.2 cm³/mol. The SMILES string of the molecule is CC(C)(C)C(CCN)NC(=O)c1cccc(O)c1O. The van der Waals surface area contributed by atoms with Gasteiger partial charge < -0.3 is 21.3 Å². The van der Waals surface area contributed by atoms with Crippen LogP contribution < -0.4 is 11.1 Å². The molecule has 5 heteroatoms. The second-order valence-electron chi connectivity index (χ2n) is 5.64. The summed E-state index contributed by atoms with van der Waals surface area (Å²) in [6.45, 7) is 6.50. The van der Waals surface area contributed by atoms with Crippen molar-refractivity contribution in [3.63, 3.8) is 0 Å². The highest BCUT2D eigenvalue weighted by Gasteiger charge is 2.26. The predicted octanol–water partition coefficient (Wildman–Crippen LogP) is 1.59. The second-order valence-corrected chi connectivity index (χ2v) is 5.64. The Morgan fingerprint density at radius 1 is 1.37 bits per heavy atom. The number of hydrogen-bond donors (Lipinski definition) is 4. The summed E-state index contributed by atoms with van der Waals surface area (Å²) in [5.41, 5.74) is 5.48. The number of phenols is 2. The molecule has 0 saturated carbocycles. The van der Waals surface area contributed by atoms with Crippen LogP contribution in [0.15, 0.2) is 18.2 Å². The lowest BCUT2D eigenvalue weighted by Crippen LogP contribution is -2.44. The molecule has 106 valence electrons. The summed E-state index contributed by atoms with van der Waals surface area (Å²) in [7, 11) is 0. The second kappa shape index (κ2) is 5.93. The van der Waals surface area contributed by atoms with Gasteiger partial charge >= 0.3 is 0 Å². The van der Waals surface area contributed by atoms with Crippen LogP contribution in [0.3, 0.4) is 0 Å². The van der Waals surface area contributed by atoms with Crippen molar-refractivity contribution in [1.82, 2.24) is 5.32 Å². The lowest BCUT2D eigenvalue weighted by atomic mass is 9.84. The minimum atomic E-state index is -0.415. The van der Waals surface area contributed by atoms with E-state index in [2.05, 4.69) is 5.32 Å². The molecule has 1 aromatic rings. The molecule has 0 bridgehead atoms. The Labute approximate surface area is 113 Å². The van der Waals surface area contributed by atoms with Gasteiger partial charge in [0.2, 0.25) is 0 Å². The van der Waals surface area contributed by atoms with Gasteiger partial charge in [-0.3, -0.25) is 4.79 Å². The number of carbonyl (C=O) groups is 1. The lowest BCUT2D eigenvalue weighted by molar-refractivity contribution is 0.0895. The monoisotopic (exact) mass is 266 g/mol. The van der Waals surface area contributed by atoms with Gasteiger partial charge in [0, 0.05) is 6.04 Å². The molecule has 0 radical (unpaired) electrons. The summed E-state index contributed by atoms with van der Waals surface area (Å²) in [6.07, 6.45) is 0.648. The van der Waals surface area contributed by atoms with E-state index in [0.29, 0.717) is 13.0 Å². The van der Waals surface area contributed by atoms with E-state index in [1.54, 1.807) is 0 Å². The molecule has 0 aromatic heterocycles. The fourth-order valence-electron chi connectivity index (χ4n) is 1.84. The first-order valence-corrected chi connectivity index (χ1v) is 6.29. The van der Waals surface area contributed by atoms with E-state index >= 15 is 0 Å². The van der Waals surface area contributed by atoms with Crippen LogP contribution in [-0.2, 0) is 0 Å². The molecule has 19 heavy (non-hydrogen) atoms. The number of amides is 1. The normalized spacial score (nSPS) is 13.1. The van der Waals surface area contributed by atoms with Crippen molar-refractivity contribution in [2.24, 2.45) is 11.1 Å². The van der Waals surface area contributed by atoms with Crippen LogP contribution in [0, 0.1) is 5.41 Å². The van der Waals surface area contributed by atoms with Gasteiger partial charge in [0.15, 0.2) is 11.5 Å². The summed E-state index contributed by atoms with van der Waals surface area (Å²) >= 11 is 0. The van der Waals surface area contributed by atoms with E-state index in [0.717, 1.165) is 0 Å². The Kier molecular flexibility index (Phi) is 4.78. The van der Waals surface area contributed by atoms with Crippen LogP contribution >= 0.6 is 0 Å². The summed E-state index contributed by atoms with van der Waals surface area (Å²) in [5, 5.41) is 21.9. The average molecular weight is 266 g/mol. The number of rotatable bonds is 4. The van der Waals surface area contributed by atoms with Crippen LogP contribution in [-0.4, -0.2) is 28.7 Å². The van der Waals surface area contributed by atoms with Crippen LogP contribution in [0.25, 0.3) is 0 Å². The van der Waals surface area contributed by atoms with Crippen molar-refractivity contribution in [2.45, 2.75) is 33.2 Å². The molecule has 0 aliphatic heterocycles. The molecule has 0 fully saturated rings. The standard InChI is InChI=1S/C14H22N2O3/c1-14(2,3)11(7-8-15)16-13(19)9-5-4-6-10(17)12(9)18/h4-6,11,17-18H,7-8,15H2,1-3H3,(H,16,19). The zero-order valence-electron chi connectivity index (χ0n) is 11.6. The van der Waals surface area contributed by atoms with Crippen LogP contribution in [0.1, 0.15) is 37.6 Å².